The first kappa shape index (κ1) is 14.4. The molecule has 0 amide bonds. The van der Waals surface area contributed by atoms with Crippen molar-refractivity contribution in [3.05, 3.63) is 59.7 Å². The second-order valence-corrected chi connectivity index (χ2v) is 4.73. The number of rotatable bonds is 6. The van der Waals surface area contributed by atoms with Crippen LogP contribution in [0.25, 0.3) is 0 Å². The van der Waals surface area contributed by atoms with E-state index in [9.17, 15) is 0 Å². The van der Waals surface area contributed by atoms with Crippen LogP contribution in [0, 0.1) is 0 Å². The summed E-state index contributed by atoms with van der Waals surface area (Å²) in [6.07, 6.45) is 1.73. The molecule has 20 heavy (non-hydrogen) atoms. The molecule has 0 heterocycles. The smallest absolute Gasteiger partial charge is 0.122 e. The van der Waals surface area contributed by atoms with E-state index < -0.39 is 0 Å². The van der Waals surface area contributed by atoms with Gasteiger partial charge in [-0.1, -0.05) is 30.3 Å². The number of hydrogen-bond donors (Lipinski definition) is 1. The van der Waals surface area contributed by atoms with Crippen LogP contribution in [0.1, 0.15) is 23.6 Å². The van der Waals surface area contributed by atoms with Crippen LogP contribution in [0.15, 0.2) is 48.5 Å². The molecular formula is C17H21NO2. The van der Waals surface area contributed by atoms with Gasteiger partial charge in [-0.15, -0.1) is 0 Å². The first-order chi connectivity index (χ1) is 9.74. The second kappa shape index (κ2) is 6.96. The minimum atomic E-state index is 0.0344. The summed E-state index contributed by atoms with van der Waals surface area (Å²) < 4.78 is 10.6. The highest BCUT2D eigenvalue weighted by atomic mass is 16.5. The Balaban J connectivity index is 2.06. The van der Waals surface area contributed by atoms with Crippen molar-refractivity contribution in [1.29, 1.82) is 0 Å². The molecule has 0 fully saturated rings. The van der Waals surface area contributed by atoms with Gasteiger partial charge >= 0.3 is 0 Å². The van der Waals surface area contributed by atoms with Crippen molar-refractivity contribution in [3.8, 4) is 11.5 Å². The van der Waals surface area contributed by atoms with Gasteiger partial charge in [0.2, 0.25) is 0 Å². The molecule has 2 rings (SSSR count). The van der Waals surface area contributed by atoms with Gasteiger partial charge in [0, 0.05) is 6.04 Å². The molecule has 0 aliphatic carbocycles. The summed E-state index contributed by atoms with van der Waals surface area (Å²) in [6.45, 7) is 0. The summed E-state index contributed by atoms with van der Waals surface area (Å²) in [5.41, 5.74) is 8.52. The van der Waals surface area contributed by atoms with Gasteiger partial charge in [-0.05, 0) is 42.2 Å². The maximum Gasteiger partial charge on any atom is 0.122 e. The van der Waals surface area contributed by atoms with E-state index in [1.54, 1.807) is 14.2 Å². The Morgan fingerprint density at radius 3 is 2.40 bits per heavy atom. The van der Waals surface area contributed by atoms with E-state index in [4.69, 9.17) is 15.2 Å². The largest absolute Gasteiger partial charge is 0.497 e. The van der Waals surface area contributed by atoms with E-state index >= 15 is 0 Å². The molecule has 2 aromatic rings. The molecule has 0 aromatic heterocycles. The number of aryl methyl sites for hydroxylation is 1. The molecule has 0 saturated carbocycles. The molecule has 0 bridgehead atoms. The maximum absolute atomic E-state index is 6.23. The van der Waals surface area contributed by atoms with E-state index in [0.717, 1.165) is 35.5 Å². The summed E-state index contributed by atoms with van der Waals surface area (Å²) in [5.74, 6) is 1.72. The monoisotopic (exact) mass is 271 g/mol. The van der Waals surface area contributed by atoms with Gasteiger partial charge in [-0.3, -0.25) is 0 Å². The summed E-state index contributed by atoms with van der Waals surface area (Å²) in [6, 6.07) is 16.0. The zero-order valence-corrected chi connectivity index (χ0v) is 12.0. The average Bonchev–Trinajstić information content (AvgIpc) is 2.53. The Labute approximate surface area is 120 Å². The molecule has 1 unspecified atom stereocenters. The highest BCUT2D eigenvalue weighted by molar-refractivity contribution is 5.40. The van der Waals surface area contributed by atoms with Gasteiger partial charge in [0.1, 0.15) is 11.5 Å². The quantitative estimate of drug-likeness (QED) is 0.876. The highest BCUT2D eigenvalue weighted by Crippen LogP contribution is 2.27. The van der Waals surface area contributed by atoms with E-state index in [1.165, 1.54) is 0 Å². The lowest BCUT2D eigenvalue weighted by atomic mass is 9.99. The average molecular weight is 271 g/mol. The zero-order valence-electron chi connectivity index (χ0n) is 12.0. The Morgan fingerprint density at radius 1 is 1.00 bits per heavy atom. The minimum absolute atomic E-state index is 0.0344. The van der Waals surface area contributed by atoms with E-state index in [-0.39, 0.29) is 6.04 Å². The first-order valence-corrected chi connectivity index (χ1v) is 6.76. The summed E-state index contributed by atoms with van der Waals surface area (Å²) in [7, 11) is 3.35. The normalized spacial score (nSPS) is 11.9. The van der Waals surface area contributed by atoms with Gasteiger partial charge < -0.3 is 15.2 Å². The topological polar surface area (TPSA) is 44.5 Å². The van der Waals surface area contributed by atoms with Crippen LogP contribution >= 0.6 is 0 Å². The van der Waals surface area contributed by atoms with Crippen LogP contribution in [-0.2, 0) is 6.42 Å². The minimum Gasteiger partial charge on any atom is -0.497 e. The second-order valence-electron chi connectivity index (χ2n) is 4.73. The van der Waals surface area contributed by atoms with Gasteiger partial charge in [-0.2, -0.15) is 0 Å². The predicted octanol–water partition coefficient (Wildman–Crippen LogP) is 3.34. The number of benzene rings is 2. The molecule has 0 spiro atoms. The van der Waals surface area contributed by atoms with E-state index in [1.807, 2.05) is 36.4 Å². The molecule has 3 nitrogen and oxygen atoms in total. The van der Waals surface area contributed by atoms with Crippen molar-refractivity contribution in [2.45, 2.75) is 18.9 Å². The third-order valence-corrected chi connectivity index (χ3v) is 3.44. The van der Waals surface area contributed by atoms with Crippen LogP contribution in [0.5, 0.6) is 11.5 Å². The SMILES string of the molecule is COc1ccc(OC)c(CCC(N)c2ccccc2)c1. The van der Waals surface area contributed by atoms with E-state index in [2.05, 4.69) is 12.1 Å². The van der Waals surface area contributed by atoms with Crippen LogP contribution < -0.4 is 15.2 Å². The first-order valence-electron chi connectivity index (χ1n) is 6.76. The molecule has 1 atom stereocenters. The van der Waals surface area contributed by atoms with Crippen molar-refractivity contribution in [3.63, 3.8) is 0 Å². The number of ether oxygens (including phenoxy) is 2. The van der Waals surface area contributed by atoms with Crippen molar-refractivity contribution >= 4 is 0 Å². The van der Waals surface area contributed by atoms with Gasteiger partial charge in [0.05, 0.1) is 14.2 Å². The van der Waals surface area contributed by atoms with Gasteiger partial charge in [0.25, 0.3) is 0 Å². The van der Waals surface area contributed by atoms with Crippen molar-refractivity contribution in [1.82, 2.24) is 0 Å². The predicted molar refractivity (Wildman–Crippen MR) is 81.2 cm³/mol. The molecule has 0 saturated heterocycles. The lowest BCUT2D eigenvalue weighted by Crippen LogP contribution is -2.11. The molecule has 0 aliphatic rings. The number of hydrogen-bond acceptors (Lipinski definition) is 3. The lowest BCUT2D eigenvalue weighted by Gasteiger charge is -2.14. The summed E-state index contributed by atoms with van der Waals surface area (Å²) >= 11 is 0. The third-order valence-electron chi connectivity index (χ3n) is 3.44. The molecule has 2 N–H and O–H groups in total. The highest BCUT2D eigenvalue weighted by Gasteiger charge is 2.09. The van der Waals surface area contributed by atoms with Crippen LogP contribution in [0.4, 0.5) is 0 Å². The molecule has 3 heteroatoms. The molecule has 0 radical (unpaired) electrons. The number of nitrogens with two attached hydrogens (primary N) is 1. The molecule has 106 valence electrons. The van der Waals surface area contributed by atoms with Gasteiger partial charge in [-0.25, -0.2) is 0 Å². The van der Waals surface area contributed by atoms with Crippen LogP contribution in [-0.4, -0.2) is 14.2 Å². The fourth-order valence-corrected chi connectivity index (χ4v) is 2.26. The summed E-state index contributed by atoms with van der Waals surface area (Å²) in [4.78, 5) is 0. The van der Waals surface area contributed by atoms with Crippen LogP contribution in [0.2, 0.25) is 0 Å². The zero-order chi connectivity index (χ0) is 14.4. The lowest BCUT2D eigenvalue weighted by molar-refractivity contribution is 0.397. The Bertz CT molecular complexity index is 540. The Kier molecular flexibility index (Phi) is 5.02. The van der Waals surface area contributed by atoms with E-state index in [0.29, 0.717) is 0 Å². The third kappa shape index (κ3) is 3.52. The molecule has 2 aromatic carbocycles. The Hall–Kier alpha value is -2.00. The molecule has 0 aliphatic heterocycles. The standard InChI is InChI=1S/C17H21NO2/c1-19-15-9-11-17(20-2)14(12-15)8-10-16(18)13-6-4-3-5-7-13/h3-7,9,11-12,16H,8,10,18H2,1-2H3. The Morgan fingerprint density at radius 2 is 1.75 bits per heavy atom. The van der Waals surface area contributed by atoms with Crippen molar-refractivity contribution < 1.29 is 9.47 Å². The van der Waals surface area contributed by atoms with Crippen molar-refractivity contribution in [2.75, 3.05) is 14.2 Å². The van der Waals surface area contributed by atoms with Crippen molar-refractivity contribution in [2.24, 2.45) is 5.73 Å². The van der Waals surface area contributed by atoms with Gasteiger partial charge in [0.15, 0.2) is 0 Å². The maximum atomic E-state index is 6.23. The summed E-state index contributed by atoms with van der Waals surface area (Å²) in [5, 5.41) is 0. The fraction of sp³-hybridized carbons (Fsp3) is 0.294. The van der Waals surface area contributed by atoms with Crippen LogP contribution in [0.3, 0.4) is 0 Å². The molecular weight excluding hydrogens is 250 g/mol. The fourth-order valence-electron chi connectivity index (χ4n) is 2.26. The number of methoxy groups -OCH3 is 2.